The van der Waals surface area contributed by atoms with Crippen LogP contribution in [0.4, 0.5) is 0 Å². The van der Waals surface area contributed by atoms with E-state index in [-0.39, 0.29) is 5.41 Å². The lowest BCUT2D eigenvalue weighted by Gasteiger charge is -2.29. The molecule has 3 heteroatoms. The third kappa shape index (κ3) is 6.36. The zero-order valence-electron chi connectivity index (χ0n) is 35.0. The average Bonchev–Trinajstić information content (AvgIpc) is 3.88. The number of nitrogens with zero attached hydrogens (tertiary/aromatic N) is 2. The van der Waals surface area contributed by atoms with E-state index in [1.165, 1.54) is 88.1 Å². The van der Waals surface area contributed by atoms with Gasteiger partial charge >= 0.3 is 0 Å². The fourth-order valence-corrected chi connectivity index (χ4v) is 10.7. The summed E-state index contributed by atoms with van der Waals surface area (Å²) in [5.74, 6) is 0. The number of para-hydroxylation sites is 2. The standard InChI is InChI=1S/C59H44N2S/c1-59(2,3)46-36-37-49-57(62-58-60-47-34-19-20-35-48(47)61(49)58)50(46)44-32-21-33-45(38-44)56-54(42-28-15-7-16-29-42)52(40-24-11-5-12-25-40)51(39-22-9-4-10-23-39)53(41-26-13-6-14-27-41)55(56)43-30-17-8-18-31-43/h4-38H,1-3H3. The Bertz CT molecular complexity index is 3290. The van der Waals surface area contributed by atoms with E-state index in [0.29, 0.717) is 0 Å². The second-order valence-electron chi connectivity index (χ2n) is 17.1. The molecule has 0 saturated heterocycles. The highest BCUT2D eigenvalue weighted by atomic mass is 32.1. The van der Waals surface area contributed by atoms with Crippen LogP contribution >= 0.6 is 11.3 Å². The molecule has 0 atom stereocenters. The van der Waals surface area contributed by atoms with Gasteiger partial charge in [-0.2, -0.15) is 0 Å². The van der Waals surface area contributed by atoms with E-state index in [1.54, 1.807) is 11.3 Å². The Morgan fingerprint density at radius 3 is 1.16 bits per heavy atom. The summed E-state index contributed by atoms with van der Waals surface area (Å²) < 4.78 is 3.60. The van der Waals surface area contributed by atoms with E-state index < -0.39 is 0 Å². The van der Waals surface area contributed by atoms with Crippen molar-refractivity contribution in [3.63, 3.8) is 0 Å². The van der Waals surface area contributed by atoms with E-state index in [1.807, 2.05) is 0 Å². The molecule has 2 nitrogen and oxygen atoms in total. The SMILES string of the molecule is CC(C)(C)c1ccc2c(sc3nc4ccccc4n32)c1-c1cccc(-c2c(-c3ccccc3)c(-c3ccccc3)c(-c3ccccc3)c(-c3ccccc3)c2-c2ccccc2)c1. The molecule has 11 aromatic rings. The summed E-state index contributed by atoms with van der Waals surface area (Å²) in [6, 6.07) is 77.6. The molecular weight excluding hydrogens is 769 g/mol. The van der Waals surface area contributed by atoms with Crippen molar-refractivity contribution in [1.82, 2.24) is 9.38 Å². The van der Waals surface area contributed by atoms with Crippen LogP contribution < -0.4 is 0 Å². The predicted molar refractivity (Wildman–Crippen MR) is 265 cm³/mol. The lowest BCUT2D eigenvalue weighted by molar-refractivity contribution is 0.593. The third-order valence-corrected chi connectivity index (χ3v) is 13.2. The van der Waals surface area contributed by atoms with E-state index in [4.69, 9.17) is 4.98 Å². The molecule has 0 amide bonds. The van der Waals surface area contributed by atoms with Crippen molar-refractivity contribution >= 4 is 37.5 Å². The normalized spacial score (nSPS) is 11.8. The summed E-state index contributed by atoms with van der Waals surface area (Å²) in [7, 11) is 0. The minimum absolute atomic E-state index is 0.115. The van der Waals surface area contributed by atoms with Crippen LogP contribution in [0.2, 0.25) is 0 Å². The zero-order chi connectivity index (χ0) is 41.8. The van der Waals surface area contributed by atoms with Gasteiger partial charge < -0.3 is 0 Å². The van der Waals surface area contributed by atoms with Gasteiger partial charge in [-0.15, -0.1) is 0 Å². The summed E-state index contributed by atoms with van der Waals surface area (Å²) in [5.41, 5.74) is 21.3. The summed E-state index contributed by atoms with van der Waals surface area (Å²) >= 11 is 1.79. The van der Waals surface area contributed by atoms with E-state index in [2.05, 4.69) is 237 Å². The maximum absolute atomic E-state index is 5.13. The van der Waals surface area contributed by atoms with E-state index in [9.17, 15) is 0 Å². The van der Waals surface area contributed by atoms with Gasteiger partial charge in [0.1, 0.15) is 0 Å². The van der Waals surface area contributed by atoms with Crippen LogP contribution in [0.3, 0.4) is 0 Å². The number of thiazole rings is 1. The molecule has 0 radical (unpaired) electrons. The first kappa shape index (κ1) is 37.7. The Morgan fingerprint density at radius 1 is 0.355 bits per heavy atom. The lowest BCUT2D eigenvalue weighted by Crippen LogP contribution is -2.12. The first-order valence-electron chi connectivity index (χ1n) is 21.4. The number of imidazole rings is 1. The van der Waals surface area contributed by atoms with Crippen molar-refractivity contribution < 1.29 is 0 Å². The van der Waals surface area contributed by atoms with E-state index in [0.717, 1.165) is 21.6 Å². The molecule has 0 bridgehead atoms. The second kappa shape index (κ2) is 15.3. The van der Waals surface area contributed by atoms with Crippen molar-refractivity contribution in [2.45, 2.75) is 26.2 Å². The topological polar surface area (TPSA) is 17.3 Å². The first-order valence-corrected chi connectivity index (χ1v) is 22.2. The highest BCUT2D eigenvalue weighted by Crippen LogP contribution is 2.56. The summed E-state index contributed by atoms with van der Waals surface area (Å²) in [4.78, 5) is 6.14. The smallest absolute Gasteiger partial charge is 0.195 e. The Labute approximate surface area is 367 Å². The van der Waals surface area contributed by atoms with Gasteiger partial charge in [-0.3, -0.25) is 4.40 Å². The fourth-order valence-electron chi connectivity index (χ4n) is 9.50. The molecule has 296 valence electrons. The highest BCUT2D eigenvalue weighted by molar-refractivity contribution is 7.24. The summed E-state index contributed by atoms with van der Waals surface area (Å²) in [6.45, 7) is 6.99. The van der Waals surface area contributed by atoms with Crippen LogP contribution in [0.5, 0.6) is 0 Å². The van der Waals surface area contributed by atoms with Gasteiger partial charge in [-0.25, -0.2) is 4.98 Å². The number of benzene rings is 9. The monoisotopic (exact) mass is 812 g/mol. The molecule has 0 spiro atoms. The maximum atomic E-state index is 5.13. The quantitative estimate of drug-likeness (QED) is 0.157. The molecule has 0 aliphatic carbocycles. The molecular formula is C59H44N2S. The Balaban J connectivity index is 1.32. The van der Waals surface area contributed by atoms with Crippen LogP contribution in [-0.2, 0) is 5.41 Å². The van der Waals surface area contributed by atoms with Gasteiger partial charge in [-0.1, -0.05) is 220 Å². The molecule has 2 aromatic heterocycles. The number of hydrogen-bond donors (Lipinski definition) is 0. The lowest BCUT2D eigenvalue weighted by atomic mass is 9.74. The third-order valence-electron chi connectivity index (χ3n) is 12.2. The predicted octanol–water partition coefficient (Wildman–Crippen LogP) is 16.7. The molecule has 62 heavy (non-hydrogen) atoms. The van der Waals surface area contributed by atoms with Crippen LogP contribution in [-0.4, -0.2) is 9.38 Å². The summed E-state index contributed by atoms with van der Waals surface area (Å²) in [5, 5.41) is 0. The molecule has 11 rings (SSSR count). The Morgan fingerprint density at radius 2 is 0.726 bits per heavy atom. The molecule has 0 fully saturated rings. The minimum Gasteiger partial charge on any atom is -0.283 e. The largest absolute Gasteiger partial charge is 0.283 e. The fraction of sp³-hybridized carbons (Fsp3) is 0.0678. The van der Waals surface area contributed by atoms with Crippen LogP contribution in [0, 0.1) is 0 Å². The molecule has 0 aliphatic heterocycles. The van der Waals surface area contributed by atoms with Crippen molar-refractivity contribution in [3.05, 3.63) is 218 Å². The number of rotatable bonds is 7. The van der Waals surface area contributed by atoms with Gasteiger partial charge in [0.05, 0.1) is 21.3 Å². The van der Waals surface area contributed by atoms with Crippen LogP contribution in [0.15, 0.2) is 212 Å². The number of aromatic nitrogens is 2. The highest BCUT2D eigenvalue weighted by Gasteiger charge is 2.30. The summed E-state index contributed by atoms with van der Waals surface area (Å²) in [6.07, 6.45) is 0. The van der Waals surface area contributed by atoms with Gasteiger partial charge in [0.15, 0.2) is 4.96 Å². The number of fused-ring (bicyclic) bond motifs is 5. The van der Waals surface area contributed by atoms with E-state index >= 15 is 0 Å². The second-order valence-corrected chi connectivity index (χ2v) is 18.0. The van der Waals surface area contributed by atoms with Gasteiger partial charge in [0, 0.05) is 5.56 Å². The van der Waals surface area contributed by atoms with Gasteiger partial charge in [0.2, 0.25) is 0 Å². The van der Waals surface area contributed by atoms with Crippen molar-refractivity contribution in [2.75, 3.05) is 0 Å². The molecule has 0 N–H and O–H groups in total. The van der Waals surface area contributed by atoms with Crippen molar-refractivity contribution in [1.29, 1.82) is 0 Å². The average molecular weight is 813 g/mol. The number of hydrogen-bond acceptors (Lipinski definition) is 2. The van der Waals surface area contributed by atoms with Crippen LogP contribution in [0.1, 0.15) is 26.3 Å². The van der Waals surface area contributed by atoms with Crippen LogP contribution in [0.25, 0.3) is 104 Å². The zero-order valence-corrected chi connectivity index (χ0v) is 35.8. The minimum atomic E-state index is -0.115. The first-order chi connectivity index (χ1) is 30.4. The molecule has 9 aromatic carbocycles. The molecule has 0 saturated carbocycles. The van der Waals surface area contributed by atoms with Gasteiger partial charge in [-0.05, 0) is 108 Å². The molecule has 2 heterocycles. The Kier molecular flexibility index (Phi) is 9.29. The van der Waals surface area contributed by atoms with Crippen molar-refractivity contribution in [3.8, 4) is 77.9 Å². The molecule has 0 unspecified atom stereocenters. The molecule has 0 aliphatic rings. The van der Waals surface area contributed by atoms with Gasteiger partial charge in [0.25, 0.3) is 0 Å². The van der Waals surface area contributed by atoms with Crippen molar-refractivity contribution in [2.24, 2.45) is 0 Å². The maximum Gasteiger partial charge on any atom is 0.195 e. The Hall–Kier alpha value is -7.33.